The van der Waals surface area contributed by atoms with Crippen LogP contribution in [-0.2, 0) is 0 Å². The van der Waals surface area contributed by atoms with Crippen LogP contribution in [0.2, 0.25) is 5.02 Å². The Morgan fingerprint density at radius 2 is 1.56 bits per heavy atom. The minimum atomic E-state index is 0.177. The molecule has 1 heterocycles. The molecule has 1 atom stereocenters. The Bertz CT molecular complexity index is 1000. The van der Waals surface area contributed by atoms with Gasteiger partial charge in [-0.15, -0.1) is 0 Å². The fourth-order valence-electron chi connectivity index (χ4n) is 3.20. The highest BCUT2D eigenvalue weighted by atomic mass is 35.5. The number of H-pyrrole nitrogens is 1. The summed E-state index contributed by atoms with van der Waals surface area (Å²) in [4.78, 5) is 3.36. The molecule has 25 heavy (non-hydrogen) atoms. The second-order valence-corrected chi connectivity index (χ2v) is 6.53. The zero-order valence-electron chi connectivity index (χ0n) is 13.7. The summed E-state index contributed by atoms with van der Waals surface area (Å²) in [6.07, 6.45) is 6.54. The van der Waals surface area contributed by atoms with Gasteiger partial charge in [-0.3, -0.25) is 0 Å². The molecule has 0 saturated carbocycles. The number of benzene rings is 3. The third-order valence-electron chi connectivity index (χ3n) is 4.45. The van der Waals surface area contributed by atoms with Crippen LogP contribution in [-0.4, -0.2) is 4.98 Å². The first-order valence-electron chi connectivity index (χ1n) is 8.36. The summed E-state index contributed by atoms with van der Waals surface area (Å²) >= 11 is 6.13. The number of rotatable bonds is 4. The minimum absolute atomic E-state index is 0.177. The highest BCUT2D eigenvalue weighted by molar-refractivity contribution is 6.31. The van der Waals surface area contributed by atoms with E-state index in [1.807, 2.05) is 18.2 Å². The first-order valence-corrected chi connectivity index (χ1v) is 8.74. The number of hydrogen-bond donors (Lipinski definition) is 1. The van der Waals surface area contributed by atoms with Crippen molar-refractivity contribution < 1.29 is 0 Å². The molecular weight excluding hydrogens is 326 g/mol. The van der Waals surface area contributed by atoms with Crippen LogP contribution >= 0.6 is 11.6 Å². The summed E-state index contributed by atoms with van der Waals surface area (Å²) in [7, 11) is 0. The van der Waals surface area contributed by atoms with Crippen molar-refractivity contribution in [1.82, 2.24) is 4.98 Å². The lowest BCUT2D eigenvalue weighted by atomic mass is 9.90. The average Bonchev–Trinajstić information content (AvgIpc) is 3.06. The van der Waals surface area contributed by atoms with Crippen LogP contribution in [0.15, 0.2) is 91.1 Å². The normalized spacial score (nSPS) is 12.7. The highest BCUT2D eigenvalue weighted by Crippen LogP contribution is 2.33. The maximum Gasteiger partial charge on any atom is 0.0472 e. The molecule has 2 heteroatoms. The molecule has 0 radical (unpaired) electrons. The molecule has 0 aliphatic carbocycles. The number of aromatic nitrogens is 1. The molecule has 4 aromatic rings. The van der Waals surface area contributed by atoms with Gasteiger partial charge in [-0.1, -0.05) is 90.5 Å². The van der Waals surface area contributed by atoms with Gasteiger partial charge in [-0.25, -0.2) is 0 Å². The lowest BCUT2D eigenvalue weighted by Gasteiger charge is -2.13. The Balaban J connectivity index is 1.81. The summed E-state index contributed by atoms with van der Waals surface area (Å²) in [5.41, 5.74) is 4.79. The molecule has 1 nitrogen and oxygen atoms in total. The summed E-state index contributed by atoms with van der Waals surface area (Å²) < 4.78 is 0. The fourth-order valence-corrected chi connectivity index (χ4v) is 3.38. The number of aromatic amines is 1. The van der Waals surface area contributed by atoms with Crippen molar-refractivity contribution in [3.05, 3.63) is 113 Å². The van der Waals surface area contributed by atoms with Crippen molar-refractivity contribution in [2.24, 2.45) is 0 Å². The Kier molecular flexibility index (Phi) is 4.41. The Morgan fingerprint density at radius 1 is 0.840 bits per heavy atom. The average molecular weight is 344 g/mol. The van der Waals surface area contributed by atoms with Gasteiger partial charge in [-0.05, 0) is 28.8 Å². The van der Waals surface area contributed by atoms with Crippen LogP contribution < -0.4 is 0 Å². The first-order chi connectivity index (χ1) is 12.3. The predicted molar refractivity (Wildman–Crippen MR) is 107 cm³/mol. The highest BCUT2D eigenvalue weighted by Gasteiger charge is 2.15. The van der Waals surface area contributed by atoms with Gasteiger partial charge < -0.3 is 4.98 Å². The van der Waals surface area contributed by atoms with Crippen molar-refractivity contribution >= 4 is 28.6 Å². The maximum atomic E-state index is 6.13. The van der Waals surface area contributed by atoms with Crippen LogP contribution in [0.1, 0.15) is 22.6 Å². The fraction of sp³-hybridized carbons (Fsp3) is 0.0435. The third kappa shape index (κ3) is 3.38. The molecule has 0 amide bonds. The minimum Gasteiger partial charge on any atom is -0.361 e. The van der Waals surface area contributed by atoms with Gasteiger partial charge in [0, 0.05) is 28.0 Å². The summed E-state index contributed by atoms with van der Waals surface area (Å²) in [5.74, 6) is 0.177. The monoisotopic (exact) mass is 343 g/mol. The van der Waals surface area contributed by atoms with Gasteiger partial charge in [0.25, 0.3) is 0 Å². The Labute approximate surface area is 152 Å². The van der Waals surface area contributed by atoms with Gasteiger partial charge in [0.15, 0.2) is 0 Å². The van der Waals surface area contributed by atoms with E-state index in [0.29, 0.717) is 0 Å². The number of fused-ring (bicyclic) bond motifs is 1. The maximum absolute atomic E-state index is 6.13. The van der Waals surface area contributed by atoms with E-state index in [1.165, 1.54) is 22.1 Å². The first kappa shape index (κ1) is 15.7. The SMILES string of the molecule is Clc1ccc2c([C@H](/C=C/c3ccccc3)c3ccccc3)c[nH]c2c1. The molecule has 0 saturated heterocycles. The van der Waals surface area contributed by atoms with E-state index in [0.717, 1.165) is 10.5 Å². The van der Waals surface area contributed by atoms with Crippen molar-refractivity contribution in [2.75, 3.05) is 0 Å². The molecule has 3 aromatic carbocycles. The van der Waals surface area contributed by atoms with E-state index < -0.39 is 0 Å². The molecule has 1 N–H and O–H groups in total. The molecule has 4 rings (SSSR count). The van der Waals surface area contributed by atoms with Gasteiger partial charge >= 0.3 is 0 Å². The largest absolute Gasteiger partial charge is 0.361 e. The van der Waals surface area contributed by atoms with Crippen molar-refractivity contribution in [3.63, 3.8) is 0 Å². The van der Waals surface area contributed by atoms with E-state index in [-0.39, 0.29) is 5.92 Å². The van der Waals surface area contributed by atoms with E-state index >= 15 is 0 Å². The van der Waals surface area contributed by atoms with Crippen molar-refractivity contribution in [1.29, 1.82) is 0 Å². The van der Waals surface area contributed by atoms with Crippen LogP contribution in [0.3, 0.4) is 0 Å². The molecule has 0 unspecified atom stereocenters. The van der Waals surface area contributed by atoms with Gasteiger partial charge in [0.05, 0.1) is 0 Å². The van der Waals surface area contributed by atoms with Crippen molar-refractivity contribution in [2.45, 2.75) is 5.92 Å². The Hall–Kier alpha value is -2.77. The van der Waals surface area contributed by atoms with Gasteiger partial charge in [0.2, 0.25) is 0 Å². The number of nitrogens with one attached hydrogen (secondary N) is 1. The lowest BCUT2D eigenvalue weighted by molar-refractivity contribution is 1.04. The van der Waals surface area contributed by atoms with Crippen LogP contribution in [0, 0.1) is 0 Å². The van der Waals surface area contributed by atoms with E-state index in [4.69, 9.17) is 11.6 Å². The van der Waals surface area contributed by atoms with Crippen LogP contribution in [0.5, 0.6) is 0 Å². The second kappa shape index (κ2) is 7.00. The summed E-state index contributed by atoms with van der Waals surface area (Å²) in [6.45, 7) is 0. The molecule has 0 aliphatic heterocycles. The topological polar surface area (TPSA) is 15.8 Å². The van der Waals surface area contributed by atoms with E-state index in [1.54, 1.807) is 0 Å². The summed E-state index contributed by atoms with van der Waals surface area (Å²) in [5, 5.41) is 1.95. The molecule has 0 bridgehead atoms. The molecule has 1 aromatic heterocycles. The smallest absolute Gasteiger partial charge is 0.0472 e. The summed E-state index contributed by atoms with van der Waals surface area (Å²) in [6, 6.07) is 27.0. The zero-order valence-corrected chi connectivity index (χ0v) is 14.4. The molecule has 122 valence electrons. The predicted octanol–water partition coefficient (Wildman–Crippen LogP) is 6.67. The van der Waals surface area contributed by atoms with Gasteiger partial charge in [-0.2, -0.15) is 0 Å². The van der Waals surface area contributed by atoms with Crippen LogP contribution in [0.4, 0.5) is 0 Å². The number of halogens is 1. The van der Waals surface area contributed by atoms with Crippen LogP contribution in [0.25, 0.3) is 17.0 Å². The number of hydrogen-bond acceptors (Lipinski definition) is 0. The molecule has 0 fully saturated rings. The zero-order chi connectivity index (χ0) is 17.1. The number of allylic oxidation sites excluding steroid dienone is 1. The molecular formula is C23H18ClN. The van der Waals surface area contributed by atoms with E-state index in [9.17, 15) is 0 Å². The standard InChI is InChI=1S/C23H18ClN/c24-19-12-14-21-22(16-25-23(21)15-19)20(18-9-5-2-6-10-18)13-11-17-7-3-1-4-8-17/h1-16,20,25H/b13-11+/t20-/m1/s1. The Morgan fingerprint density at radius 3 is 2.32 bits per heavy atom. The van der Waals surface area contributed by atoms with E-state index in [2.05, 4.69) is 84.0 Å². The quantitative estimate of drug-likeness (QED) is 0.426. The van der Waals surface area contributed by atoms with Gasteiger partial charge in [0.1, 0.15) is 0 Å². The van der Waals surface area contributed by atoms with Crippen molar-refractivity contribution in [3.8, 4) is 0 Å². The molecule has 0 aliphatic rings. The lowest BCUT2D eigenvalue weighted by Crippen LogP contribution is -1.96. The molecule has 0 spiro atoms. The second-order valence-electron chi connectivity index (χ2n) is 6.09. The third-order valence-corrected chi connectivity index (χ3v) is 4.69.